The first-order valence-corrected chi connectivity index (χ1v) is 3.78. The summed E-state index contributed by atoms with van der Waals surface area (Å²) in [5.74, 6) is 0.898. The van der Waals surface area contributed by atoms with E-state index in [-0.39, 0.29) is 0 Å². The van der Waals surface area contributed by atoms with E-state index >= 15 is 0 Å². The maximum Gasteiger partial charge on any atom is 0.137 e. The summed E-state index contributed by atoms with van der Waals surface area (Å²) in [6.07, 6.45) is 5.33. The van der Waals surface area contributed by atoms with Gasteiger partial charge in [-0.25, -0.2) is 4.98 Å². The Morgan fingerprint density at radius 1 is 1.25 bits per heavy atom. The average Bonchev–Trinajstić information content (AvgIpc) is 2.54. The van der Waals surface area contributed by atoms with Gasteiger partial charge in [0.15, 0.2) is 0 Å². The van der Waals surface area contributed by atoms with Crippen molar-refractivity contribution >= 4 is 0 Å². The number of hydrogen-bond acceptors (Lipinski definition) is 2. The minimum absolute atomic E-state index is 0.898. The van der Waals surface area contributed by atoms with Gasteiger partial charge in [-0.05, 0) is 19.1 Å². The lowest BCUT2D eigenvalue weighted by Crippen LogP contribution is -1.80. The van der Waals surface area contributed by atoms with E-state index < -0.39 is 0 Å². The molecule has 0 atom stereocenters. The standard InChI is InChI=1S/C9H9N3/c1-7-6-11-9(12-7)8-2-4-10-5-3-8/h2-6H,1H3,(H,11,12). The second-order valence-electron chi connectivity index (χ2n) is 2.65. The van der Waals surface area contributed by atoms with Crippen LogP contribution in [0.1, 0.15) is 5.69 Å². The van der Waals surface area contributed by atoms with E-state index in [4.69, 9.17) is 0 Å². The number of nitrogens with zero attached hydrogens (tertiary/aromatic N) is 2. The summed E-state index contributed by atoms with van der Waals surface area (Å²) >= 11 is 0. The zero-order valence-electron chi connectivity index (χ0n) is 6.78. The maximum absolute atomic E-state index is 4.20. The molecule has 0 aliphatic rings. The Kier molecular flexibility index (Phi) is 1.63. The molecule has 0 saturated carbocycles. The Morgan fingerprint density at radius 2 is 2.00 bits per heavy atom. The van der Waals surface area contributed by atoms with Gasteiger partial charge in [0, 0.05) is 29.8 Å². The highest BCUT2D eigenvalue weighted by Gasteiger charge is 1.98. The van der Waals surface area contributed by atoms with Crippen molar-refractivity contribution in [3.05, 3.63) is 36.4 Å². The predicted octanol–water partition coefficient (Wildman–Crippen LogP) is 1.78. The number of nitrogens with one attached hydrogen (secondary N) is 1. The van der Waals surface area contributed by atoms with Gasteiger partial charge in [0.1, 0.15) is 5.82 Å². The van der Waals surface area contributed by atoms with Gasteiger partial charge in [-0.1, -0.05) is 0 Å². The third-order valence-corrected chi connectivity index (χ3v) is 1.66. The molecule has 1 N–H and O–H groups in total. The molecule has 2 rings (SSSR count). The first-order chi connectivity index (χ1) is 5.86. The quantitative estimate of drug-likeness (QED) is 0.689. The van der Waals surface area contributed by atoms with Gasteiger partial charge in [-0.2, -0.15) is 0 Å². The predicted molar refractivity (Wildman–Crippen MR) is 46.6 cm³/mol. The van der Waals surface area contributed by atoms with E-state index in [0.29, 0.717) is 0 Å². The number of imidazole rings is 1. The third-order valence-electron chi connectivity index (χ3n) is 1.66. The molecule has 0 fully saturated rings. The Hall–Kier alpha value is -1.64. The molecule has 3 nitrogen and oxygen atoms in total. The molecule has 2 aromatic rings. The van der Waals surface area contributed by atoms with E-state index in [0.717, 1.165) is 17.1 Å². The SMILES string of the molecule is Cc1cnc(-c2ccncc2)[nH]1. The van der Waals surface area contributed by atoms with E-state index in [9.17, 15) is 0 Å². The van der Waals surface area contributed by atoms with Gasteiger partial charge in [0.2, 0.25) is 0 Å². The largest absolute Gasteiger partial charge is 0.342 e. The number of aromatic amines is 1. The highest BCUT2D eigenvalue weighted by atomic mass is 14.9. The van der Waals surface area contributed by atoms with E-state index in [2.05, 4.69) is 15.0 Å². The van der Waals surface area contributed by atoms with Gasteiger partial charge < -0.3 is 4.98 Å². The lowest BCUT2D eigenvalue weighted by Gasteiger charge is -1.93. The van der Waals surface area contributed by atoms with Crippen molar-refractivity contribution in [2.24, 2.45) is 0 Å². The zero-order valence-corrected chi connectivity index (χ0v) is 6.78. The smallest absolute Gasteiger partial charge is 0.137 e. The topological polar surface area (TPSA) is 41.6 Å². The highest BCUT2D eigenvalue weighted by Crippen LogP contribution is 2.12. The molecule has 2 heterocycles. The van der Waals surface area contributed by atoms with Crippen LogP contribution in [-0.2, 0) is 0 Å². The molecule has 0 unspecified atom stereocenters. The molecule has 2 aromatic heterocycles. The van der Waals surface area contributed by atoms with Gasteiger partial charge >= 0.3 is 0 Å². The fourth-order valence-electron chi connectivity index (χ4n) is 1.07. The highest BCUT2D eigenvalue weighted by molar-refractivity contribution is 5.53. The van der Waals surface area contributed by atoms with Crippen molar-refractivity contribution in [2.45, 2.75) is 6.92 Å². The van der Waals surface area contributed by atoms with E-state index in [1.807, 2.05) is 25.3 Å². The number of hydrogen-bond donors (Lipinski definition) is 1. The van der Waals surface area contributed by atoms with Gasteiger partial charge in [0.05, 0.1) is 0 Å². The zero-order chi connectivity index (χ0) is 8.39. The molecule has 0 aliphatic carbocycles. The van der Waals surface area contributed by atoms with Crippen molar-refractivity contribution in [1.29, 1.82) is 0 Å². The van der Waals surface area contributed by atoms with Crippen LogP contribution in [-0.4, -0.2) is 15.0 Å². The molecule has 0 amide bonds. The summed E-state index contributed by atoms with van der Waals surface area (Å²) in [5.41, 5.74) is 2.14. The van der Waals surface area contributed by atoms with Crippen LogP contribution in [0.3, 0.4) is 0 Å². The summed E-state index contributed by atoms with van der Waals surface area (Å²) in [4.78, 5) is 11.3. The van der Waals surface area contributed by atoms with Gasteiger partial charge in [-0.3, -0.25) is 4.98 Å². The van der Waals surface area contributed by atoms with Crippen LogP contribution in [0.2, 0.25) is 0 Å². The second kappa shape index (κ2) is 2.77. The van der Waals surface area contributed by atoms with Crippen LogP contribution in [0.5, 0.6) is 0 Å². The Labute approximate surface area is 70.5 Å². The maximum atomic E-state index is 4.20. The van der Waals surface area contributed by atoms with Crippen molar-refractivity contribution in [1.82, 2.24) is 15.0 Å². The average molecular weight is 159 g/mol. The van der Waals surface area contributed by atoms with Crippen LogP contribution in [0.15, 0.2) is 30.7 Å². The molecule has 3 heteroatoms. The Balaban J connectivity index is 2.45. The molecule has 0 saturated heterocycles. The van der Waals surface area contributed by atoms with Crippen molar-refractivity contribution < 1.29 is 0 Å². The first kappa shape index (κ1) is 7.03. The molecular formula is C9H9N3. The van der Waals surface area contributed by atoms with Crippen molar-refractivity contribution in [2.75, 3.05) is 0 Å². The molecule has 0 aliphatic heterocycles. The number of aromatic nitrogens is 3. The van der Waals surface area contributed by atoms with Crippen molar-refractivity contribution in [3.63, 3.8) is 0 Å². The van der Waals surface area contributed by atoms with Crippen LogP contribution in [0.25, 0.3) is 11.4 Å². The van der Waals surface area contributed by atoms with E-state index in [1.54, 1.807) is 12.4 Å². The summed E-state index contributed by atoms with van der Waals surface area (Å²) in [7, 11) is 0. The number of H-pyrrole nitrogens is 1. The van der Waals surface area contributed by atoms with E-state index in [1.165, 1.54) is 0 Å². The van der Waals surface area contributed by atoms with Crippen LogP contribution >= 0.6 is 0 Å². The minimum atomic E-state index is 0.898. The lowest BCUT2D eigenvalue weighted by atomic mass is 10.3. The van der Waals surface area contributed by atoms with Crippen LogP contribution in [0, 0.1) is 6.92 Å². The monoisotopic (exact) mass is 159 g/mol. The molecule has 0 aromatic carbocycles. The number of aryl methyl sites for hydroxylation is 1. The summed E-state index contributed by atoms with van der Waals surface area (Å²) in [5, 5.41) is 0. The summed E-state index contributed by atoms with van der Waals surface area (Å²) in [6.45, 7) is 1.98. The molecule has 60 valence electrons. The third kappa shape index (κ3) is 1.21. The first-order valence-electron chi connectivity index (χ1n) is 3.78. The molecule has 0 bridgehead atoms. The normalized spacial score (nSPS) is 10.1. The number of rotatable bonds is 1. The molecule has 0 radical (unpaired) electrons. The number of pyridine rings is 1. The lowest BCUT2D eigenvalue weighted by molar-refractivity contribution is 1.24. The van der Waals surface area contributed by atoms with Crippen molar-refractivity contribution in [3.8, 4) is 11.4 Å². The molecular weight excluding hydrogens is 150 g/mol. The Bertz CT molecular complexity index is 364. The molecule has 0 spiro atoms. The second-order valence-corrected chi connectivity index (χ2v) is 2.65. The summed E-state index contributed by atoms with van der Waals surface area (Å²) in [6, 6.07) is 3.86. The minimum Gasteiger partial charge on any atom is -0.342 e. The van der Waals surface area contributed by atoms with Gasteiger partial charge in [0.25, 0.3) is 0 Å². The van der Waals surface area contributed by atoms with Crippen LogP contribution < -0.4 is 0 Å². The fourth-order valence-corrected chi connectivity index (χ4v) is 1.07. The van der Waals surface area contributed by atoms with Crippen LogP contribution in [0.4, 0.5) is 0 Å². The fraction of sp³-hybridized carbons (Fsp3) is 0.111. The van der Waals surface area contributed by atoms with Gasteiger partial charge in [-0.15, -0.1) is 0 Å². The Morgan fingerprint density at radius 3 is 2.58 bits per heavy atom. The molecule has 12 heavy (non-hydrogen) atoms. The summed E-state index contributed by atoms with van der Waals surface area (Å²) < 4.78 is 0.